The highest BCUT2D eigenvalue weighted by Crippen LogP contribution is 2.32. The topological polar surface area (TPSA) is 59.2 Å². The van der Waals surface area contributed by atoms with Gasteiger partial charge in [0.05, 0.1) is 17.8 Å². The molecule has 17 heavy (non-hydrogen) atoms. The molecule has 1 aromatic rings. The summed E-state index contributed by atoms with van der Waals surface area (Å²) in [6, 6.07) is 0. The molecule has 1 heterocycles. The van der Waals surface area contributed by atoms with Gasteiger partial charge < -0.3 is 9.63 Å². The fourth-order valence-corrected chi connectivity index (χ4v) is 2.72. The lowest BCUT2D eigenvalue weighted by molar-refractivity contribution is 0.0908. The van der Waals surface area contributed by atoms with Gasteiger partial charge in [0.25, 0.3) is 0 Å². The molecule has 5 heteroatoms. The summed E-state index contributed by atoms with van der Waals surface area (Å²) in [6.45, 7) is 4.30. The predicted octanol–water partition coefficient (Wildman–Crippen LogP) is 2.73. The Labute approximate surface area is 106 Å². The summed E-state index contributed by atoms with van der Waals surface area (Å²) in [5.74, 6) is 2.20. The summed E-state index contributed by atoms with van der Waals surface area (Å²) >= 11 is 1.80. The van der Waals surface area contributed by atoms with E-state index in [1.54, 1.807) is 11.8 Å². The average Bonchev–Trinajstić information content (AvgIpc) is 2.75. The first kappa shape index (κ1) is 12.9. The molecule has 0 aliphatic heterocycles. The van der Waals surface area contributed by atoms with Crippen LogP contribution in [0.15, 0.2) is 4.52 Å². The van der Waals surface area contributed by atoms with Crippen molar-refractivity contribution >= 4 is 11.8 Å². The molecule has 0 radical (unpaired) electrons. The third kappa shape index (κ3) is 3.45. The van der Waals surface area contributed by atoms with Crippen LogP contribution in [0.1, 0.15) is 57.2 Å². The minimum Gasteiger partial charge on any atom is -0.392 e. The molecule has 1 saturated carbocycles. The Morgan fingerprint density at radius 2 is 2.18 bits per heavy atom. The number of aliphatic hydroxyl groups excluding tert-OH is 1. The standard InChI is InChI=1S/C12H20N2O2S/c1-8(2)17-7-11-13-12(16-14-11)9-5-3-4-6-10(9)15/h8-10,15H,3-7H2,1-2H3. The third-order valence-corrected chi connectivity index (χ3v) is 4.17. The van der Waals surface area contributed by atoms with Gasteiger partial charge in [0.15, 0.2) is 5.82 Å². The molecule has 1 aliphatic carbocycles. The van der Waals surface area contributed by atoms with Crippen molar-refractivity contribution in [3.05, 3.63) is 11.7 Å². The zero-order chi connectivity index (χ0) is 12.3. The van der Waals surface area contributed by atoms with Gasteiger partial charge in [-0.15, -0.1) is 0 Å². The van der Waals surface area contributed by atoms with E-state index in [0.717, 1.165) is 37.3 Å². The molecule has 96 valence electrons. The predicted molar refractivity (Wildman–Crippen MR) is 67.9 cm³/mol. The minimum atomic E-state index is -0.310. The van der Waals surface area contributed by atoms with E-state index in [1.165, 1.54) is 0 Å². The molecule has 0 aromatic carbocycles. The van der Waals surface area contributed by atoms with E-state index in [0.29, 0.717) is 11.1 Å². The molecule has 2 unspecified atom stereocenters. The Balaban J connectivity index is 1.97. The van der Waals surface area contributed by atoms with Gasteiger partial charge in [-0.25, -0.2) is 0 Å². The van der Waals surface area contributed by atoms with Crippen molar-refractivity contribution < 1.29 is 9.63 Å². The van der Waals surface area contributed by atoms with E-state index in [9.17, 15) is 5.11 Å². The summed E-state index contributed by atoms with van der Waals surface area (Å²) in [5.41, 5.74) is 0. The van der Waals surface area contributed by atoms with Crippen molar-refractivity contribution in [2.75, 3.05) is 0 Å². The van der Waals surface area contributed by atoms with Crippen LogP contribution in [-0.2, 0) is 5.75 Å². The van der Waals surface area contributed by atoms with Gasteiger partial charge in [0.2, 0.25) is 5.89 Å². The Morgan fingerprint density at radius 1 is 1.41 bits per heavy atom. The highest BCUT2D eigenvalue weighted by Gasteiger charge is 2.29. The Bertz CT molecular complexity index is 354. The molecule has 0 saturated heterocycles. The molecule has 1 aromatic heterocycles. The molecule has 0 spiro atoms. The normalized spacial score (nSPS) is 25.4. The Morgan fingerprint density at radius 3 is 2.88 bits per heavy atom. The SMILES string of the molecule is CC(C)SCc1noc(C2CCCCC2O)n1. The maximum atomic E-state index is 9.92. The van der Waals surface area contributed by atoms with Crippen LogP contribution in [0.4, 0.5) is 0 Å². The van der Waals surface area contributed by atoms with Gasteiger partial charge in [-0.1, -0.05) is 31.8 Å². The highest BCUT2D eigenvalue weighted by molar-refractivity contribution is 7.99. The third-order valence-electron chi connectivity index (χ3n) is 3.08. The van der Waals surface area contributed by atoms with Crippen molar-refractivity contribution in [2.45, 2.75) is 62.6 Å². The quantitative estimate of drug-likeness (QED) is 0.897. The first-order valence-electron chi connectivity index (χ1n) is 6.29. The number of aliphatic hydroxyl groups is 1. The smallest absolute Gasteiger partial charge is 0.232 e. The summed E-state index contributed by atoms with van der Waals surface area (Å²) in [5, 5.41) is 14.5. The largest absolute Gasteiger partial charge is 0.392 e. The first-order valence-corrected chi connectivity index (χ1v) is 7.34. The molecule has 2 atom stereocenters. The molecular weight excluding hydrogens is 236 g/mol. The second kappa shape index (κ2) is 5.87. The molecule has 2 rings (SSSR count). The van der Waals surface area contributed by atoms with Crippen molar-refractivity contribution in [1.82, 2.24) is 10.1 Å². The maximum absolute atomic E-state index is 9.92. The molecule has 1 aliphatic rings. The molecule has 4 nitrogen and oxygen atoms in total. The van der Waals surface area contributed by atoms with E-state index in [1.807, 2.05) is 0 Å². The van der Waals surface area contributed by atoms with Crippen LogP contribution in [0.2, 0.25) is 0 Å². The van der Waals surface area contributed by atoms with E-state index >= 15 is 0 Å². The lowest BCUT2D eigenvalue weighted by Gasteiger charge is -2.24. The minimum absolute atomic E-state index is 0.0500. The molecule has 1 fully saturated rings. The second-order valence-electron chi connectivity index (χ2n) is 4.87. The van der Waals surface area contributed by atoms with Crippen LogP contribution in [0.3, 0.4) is 0 Å². The van der Waals surface area contributed by atoms with Crippen LogP contribution >= 0.6 is 11.8 Å². The Hall–Kier alpha value is -0.550. The number of rotatable bonds is 4. The van der Waals surface area contributed by atoms with Crippen LogP contribution in [0.5, 0.6) is 0 Å². The van der Waals surface area contributed by atoms with E-state index in [4.69, 9.17) is 4.52 Å². The summed E-state index contributed by atoms with van der Waals surface area (Å²) in [4.78, 5) is 4.40. The van der Waals surface area contributed by atoms with E-state index in [-0.39, 0.29) is 12.0 Å². The zero-order valence-electron chi connectivity index (χ0n) is 10.4. The van der Waals surface area contributed by atoms with Gasteiger partial charge in [0, 0.05) is 0 Å². The maximum Gasteiger partial charge on any atom is 0.232 e. The molecule has 0 bridgehead atoms. The second-order valence-corrected chi connectivity index (χ2v) is 6.43. The van der Waals surface area contributed by atoms with Gasteiger partial charge >= 0.3 is 0 Å². The number of hydrogen-bond acceptors (Lipinski definition) is 5. The summed E-state index contributed by atoms with van der Waals surface area (Å²) in [7, 11) is 0. The fourth-order valence-electron chi connectivity index (χ4n) is 2.12. The van der Waals surface area contributed by atoms with Gasteiger partial charge in [0.1, 0.15) is 0 Å². The summed E-state index contributed by atoms with van der Waals surface area (Å²) < 4.78 is 5.27. The van der Waals surface area contributed by atoms with Crippen LogP contribution in [0, 0.1) is 0 Å². The molecular formula is C12H20N2O2S. The van der Waals surface area contributed by atoms with Crippen LogP contribution < -0.4 is 0 Å². The summed E-state index contributed by atoms with van der Waals surface area (Å²) in [6.07, 6.45) is 3.74. The lowest BCUT2D eigenvalue weighted by atomic mass is 9.86. The van der Waals surface area contributed by atoms with Crippen LogP contribution in [0.25, 0.3) is 0 Å². The average molecular weight is 256 g/mol. The van der Waals surface area contributed by atoms with Gasteiger partial charge in [-0.2, -0.15) is 16.7 Å². The van der Waals surface area contributed by atoms with Crippen molar-refractivity contribution in [1.29, 1.82) is 0 Å². The van der Waals surface area contributed by atoms with Crippen LogP contribution in [-0.4, -0.2) is 26.6 Å². The molecule has 0 amide bonds. The van der Waals surface area contributed by atoms with E-state index < -0.39 is 0 Å². The number of thioether (sulfide) groups is 1. The number of hydrogen-bond donors (Lipinski definition) is 1. The highest BCUT2D eigenvalue weighted by atomic mass is 32.2. The van der Waals surface area contributed by atoms with Gasteiger partial charge in [-0.05, 0) is 18.1 Å². The molecule has 1 N–H and O–H groups in total. The monoisotopic (exact) mass is 256 g/mol. The lowest BCUT2D eigenvalue weighted by Crippen LogP contribution is -2.22. The number of nitrogens with zero attached hydrogens (tertiary/aromatic N) is 2. The van der Waals surface area contributed by atoms with Crippen molar-refractivity contribution in [3.8, 4) is 0 Å². The van der Waals surface area contributed by atoms with Crippen molar-refractivity contribution in [3.63, 3.8) is 0 Å². The number of aromatic nitrogens is 2. The first-order chi connectivity index (χ1) is 8.16. The fraction of sp³-hybridized carbons (Fsp3) is 0.833. The van der Waals surface area contributed by atoms with Gasteiger partial charge in [-0.3, -0.25) is 0 Å². The van der Waals surface area contributed by atoms with E-state index in [2.05, 4.69) is 24.0 Å². The van der Waals surface area contributed by atoms with Crippen molar-refractivity contribution in [2.24, 2.45) is 0 Å². The zero-order valence-corrected chi connectivity index (χ0v) is 11.2. The Kier molecular flexibility index (Phi) is 4.45.